The maximum absolute atomic E-state index is 12.9. The molecule has 2 nitrogen and oxygen atoms in total. The zero-order chi connectivity index (χ0) is 17.0. The molecule has 1 N–H and O–H groups in total. The number of amides is 1. The molecule has 3 heteroatoms. The predicted octanol–water partition coefficient (Wildman–Crippen LogP) is 4.56. The van der Waals surface area contributed by atoms with Crippen molar-refractivity contribution in [3.8, 4) is 0 Å². The van der Waals surface area contributed by atoms with Crippen molar-refractivity contribution in [2.24, 2.45) is 0 Å². The largest absolute Gasteiger partial charge is 0.350 e. The van der Waals surface area contributed by atoms with Crippen molar-refractivity contribution in [2.75, 3.05) is 0 Å². The molecule has 0 unspecified atom stereocenters. The molecule has 23 heavy (non-hydrogen) atoms. The number of carbonyl (C=O) groups excluding carboxylic acids is 1. The minimum atomic E-state index is -0.253. The van der Waals surface area contributed by atoms with Crippen LogP contribution in [-0.2, 0) is 11.2 Å². The number of benzene rings is 2. The third-order valence-corrected chi connectivity index (χ3v) is 4.28. The van der Waals surface area contributed by atoms with Crippen LogP contribution in [0.1, 0.15) is 47.2 Å². The van der Waals surface area contributed by atoms with Crippen molar-refractivity contribution in [2.45, 2.75) is 46.6 Å². The molecule has 0 heterocycles. The van der Waals surface area contributed by atoms with Gasteiger partial charge in [-0.2, -0.15) is 0 Å². The summed E-state index contributed by atoms with van der Waals surface area (Å²) in [6.07, 6.45) is 1.02. The molecule has 0 aromatic heterocycles. The van der Waals surface area contributed by atoms with Gasteiger partial charge in [0.2, 0.25) is 5.91 Å². The first kappa shape index (κ1) is 17.2. The van der Waals surface area contributed by atoms with E-state index >= 15 is 0 Å². The fourth-order valence-electron chi connectivity index (χ4n) is 2.75. The fraction of sp³-hybridized carbons (Fsp3) is 0.350. The first-order chi connectivity index (χ1) is 10.9. The quantitative estimate of drug-likeness (QED) is 0.861. The molecule has 0 bridgehead atoms. The van der Waals surface area contributed by atoms with Crippen molar-refractivity contribution in [3.63, 3.8) is 0 Å². The Labute approximate surface area is 137 Å². The summed E-state index contributed by atoms with van der Waals surface area (Å²) in [4.78, 5) is 12.1. The zero-order valence-electron chi connectivity index (χ0n) is 14.2. The van der Waals surface area contributed by atoms with Crippen LogP contribution in [0, 0.1) is 26.6 Å². The van der Waals surface area contributed by atoms with Crippen LogP contribution in [0.3, 0.4) is 0 Å². The van der Waals surface area contributed by atoms with Gasteiger partial charge in [-0.1, -0.05) is 24.3 Å². The number of halogens is 1. The van der Waals surface area contributed by atoms with Crippen molar-refractivity contribution in [3.05, 3.63) is 70.0 Å². The van der Waals surface area contributed by atoms with Gasteiger partial charge in [0.1, 0.15) is 5.82 Å². The number of rotatable bonds is 5. The third-order valence-electron chi connectivity index (χ3n) is 4.28. The minimum absolute atomic E-state index is 0.0134. The van der Waals surface area contributed by atoms with Crippen LogP contribution in [0.5, 0.6) is 0 Å². The van der Waals surface area contributed by atoms with Crippen LogP contribution in [0.25, 0.3) is 0 Å². The van der Waals surface area contributed by atoms with Gasteiger partial charge in [-0.05, 0) is 74.1 Å². The molecule has 2 aromatic carbocycles. The van der Waals surface area contributed by atoms with E-state index in [0.29, 0.717) is 12.8 Å². The van der Waals surface area contributed by atoms with Crippen LogP contribution in [0.2, 0.25) is 0 Å². The Morgan fingerprint density at radius 2 is 1.65 bits per heavy atom. The molecule has 0 saturated carbocycles. The second-order valence-electron chi connectivity index (χ2n) is 6.21. The summed E-state index contributed by atoms with van der Waals surface area (Å²) in [5, 5.41) is 3.05. The SMILES string of the molecule is Cc1cc(C)c([C@@H](C)NC(=O)CCc2ccc(F)cc2)cc1C. The molecule has 122 valence electrons. The summed E-state index contributed by atoms with van der Waals surface area (Å²) < 4.78 is 12.9. The topological polar surface area (TPSA) is 29.1 Å². The highest BCUT2D eigenvalue weighted by molar-refractivity contribution is 5.76. The molecular formula is C20H24FNO. The summed E-state index contributed by atoms with van der Waals surface area (Å²) in [5.74, 6) is -0.239. The number of nitrogens with one attached hydrogen (secondary N) is 1. The lowest BCUT2D eigenvalue weighted by molar-refractivity contribution is -0.121. The molecule has 0 radical (unpaired) electrons. The van der Waals surface area contributed by atoms with Crippen molar-refractivity contribution < 1.29 is 9.18 Å². The summed E-state index contributed by atoms with van der Waals surface area (Å²) in [5.41, 5.74) is 5.82. The molecule has 2 rings (SSSR count). The summed E-state index contributed by atoms with van der Waals surface area (Å²) >= 11 is 0. The van der Waals surface area contributed by atoms with Crippen LogP contribution in [-0.4, -0.2) is 5.91 Å². The molecular weight excluding hydrogens is 289 g/mol. The normalized spacial score (nSPS) is 12.0. The molecule has 0 fully saturated rings. The fourth-order valence-corrected chi connectivity index (χ4v) is 2.75. The van der Waals surface area contributed by atoms with E-state index in [1.54, 1.807) is 12.1 Å². The number of carbonyl (C=O) groups is 1. The number of aryl methyl sites for hydroxylation is 4. The first-order valence-electron chi connectivity index (χ1n) is 7.98. The van der Waals surface area contributed by atoms with Gasteiger partial charge in [-0.3, -0.25) is 4.79 Å². The molecule has 0 aliphatic heterocycles. The number of hydrogen-bond donors (Lipinski definition) is 1. The smallest absolute Gasteiger partial charge is 0.220 e. The minimum Gasteiger partial charge on any atom is -0.350 e. The van der Waals surface area contributed by atoms with E-state index < -0.39 is 0 Å². The van der Waals surface area contributed by atoms with E-state index in [2.05, 4.69) is 38.2 Å². The van der Waals surface area contributed by atoms with E-state index in [9.17, 15) is 9.18 Å². The zero-order valence-corrected chi connectivity index (χ0v) is 14.2. The van der Waals surface area contributed by atoms with Crippen LogP contribution in [0.15, 0.2) is 36.4 Å². The van der Waals surface area contributed by atoms with Gasteiger partial charge in [0, 0.05) is 6.42 Å². The van der Waals surface area contributed by atoms with E-state index in [4.69, 9.17) is 0 Å². The van der Waals surface area contributed by atoms with Gasteiger partial charge in [0.25, 0.3) is 0 Å². The van der Waals surface area contributed by atoms with Crippen LogP contribution >= 0.6 is 0 Å². The summed E-state index contributed by atoms with van der Waals surface area (Å²) in [7, 11) is 0. The van der Waals surface area contributed by atoms with E-state index in [1.165, 1.54) is 28.8 Å². The molecule has 1 amide bonds. The molecule has 2 aromatic rings. The summed E-state index contributed by atoms with van der Waals surface area (Å²) in [6, 6.07) is 10.6. The lowest BCUT2D eigenvalue weighted by Gasteiger charge is -2.18. The monoisotopic (exact) mass is 313 g/mol. The third kappa shape index (κ3) is 4.65. The Balaban J connectivity index is 1.94. The number of hydrogen-bond acceptors (Lipinski definition) is 1. The van der Waals surface area contributed by atoms with Crippen molar-refractivity contribution >= 4 is 5.91 Å². The molecule has 0 aliphatic rings. The van der Waals surface area contributed by atoms with E-state index in [1.807, 2.05) is 6.92 Å². The maximum atomic E-state index is 12.9. The Hall–Kier alpha value is -2.16. The lowest BCUT2D eigenvalue weighted by Crippen LogP contribution is -2.27. The highest BCUT2D eigenvalue weighted by Gasteiger charge is 2.13. The van der Waals surface area contributed by atoms with Gasteiger partial charge < -0.3 is 5.32 Å². The second kappa shape index (κ2) is 7.40. The van der Waals surface area contributed by atoms with Crippen LogP contribution in [0.4, 0.5) is 4.39 Å². The Bertz CT molecular complexity index is 692. The maximum Gasteiger partial charge on any atom is 0.220 e. The standard InChI is InChI=1S/C20H24FNO/c1-13-11-15(3)19(12-14(13)2)16(4)22-20(23)10-7-17-5-8-18(21)9-6-17/h5-6,8-9,11-12,16H,7,10H2,1-4H3,(H,22,23)/t16-/m1/s1. The molecule has 0 aliphatic carbocycles. The van der Waals surface area contributed by atoms with Crippen LogP contribution < -0.4 is 5.32 Å². The Morgan fingerprint density at radius 1 is 1.04 bits per heavy atom. The molecule has 0 spiro atoms. The summed E-state index contributed by atoms with van der Waals surface area (Å²) in [6.45, 7) is 8.26. The average molecular weight is 313 g/mol. The Morgan fingerprint density at radius 3 is 2.30 bits per heavy atom. The lowest BCUT2D eigenvalue weighted by atomic mass is 9.96. The predicted molar refractivity (Wildman–Crippen MR) is 91.9 cm³/mol. The first-order valence-corrected chi connectivity index (χ1v) is 7.98. The van der Waals surface area contributed by atoms with E-state index in [-0.39, 0.29) is 17.8 Å². The van der Waals surface area contributed by atoms with Gasteiger partial charge in [0.15, 0.2) is 0 Å². The van der Waals surface area contributed by atoms with Gasteiger partial charge >= 0.3 is 0 Å². The highest BCUT2D eigenvalue weighted by atomic mass is 19.1. The van der Waals surface area contributed by atoms with Gasteiger partial charge in [-0.25, -0.2) is 4.39 Å². The molecule has 1 atom stereocenters. The van der Waals surface area contributed by atoms with Gasteiger partial charge in [-0.15, -0.1) is 0 Å². The van der Waals surface area contributed by atoms with Crippen molar-refractivity contribution in [1.29, 1.82) is 0 Å². The highest BCUT2D eigenvalue weighted by Crippen LogP contribution is 2.21. The molecule has 0 saturated heterocycles. The van der Waals surface area contributed by atoms with Crippen molar-refractivity contribution in [1.82, 2.24) is 5.32 Å². The van der Waals surface area contributed by atoms with Gasteiger partial charge in [0.05, 0.1) is 6.04 Å². The second-order valence-corrected chi connectivity index (χ2v) is 6.21. The van der Waals surface area contributed by atoms with E-state index in [0.717, 1.165) is 11.1 Å². The Kier molecular flexibility index (Phi) is 5.54. The average Bonchev–Trinajstić information content (AvgIpc) is 2.50.